The number of ether oxygens (including phenoxy) is 2. The van der Waals surface area contributed by atoms with Crippen LogP contribution in [0.15, 0.2) is 72.4 Å². The van der Waals surface area contributed by atoms with Gasteiger partial charge in [-0.15, -0.1) is 0 Å². The summed E-state index contributed by atoms with van der Waals surface area (Å²) in [7, 11) is 3.10. The van der Waals surface area contributed by atoms with E-state index in [0.29, 0.717) is 34.0 Å². The number of anilines is 1. The van der Waals surface area contributed by atoms with E-state index in [0.717, 1.165) is 0 Å². The number of carbonyl (C=O) groups is 2. The summed E-state index contributed by atoms with van der Waals surface area (Å²) in [4.78, 5) is 32.0. The Labute approximate surface area is 185 Å². The van der Waals surface area contributed by atoms with Gasteiger partial charge in [0.2, 0.25) is 0 Å². The molecule has 1 aromatic heterocycles. The molecule has 7 nitrogen and oxygen atoms in total. The molecule has 32 heavy (non-hydrogen) atoms. The number of methoxy groups -OCH3 is 2. The van der Waals surface area contributed by atoms with Gasteiger partial charge in [-0.1, -0.05) is 6.07 Å². The zero-order chi connectivity index (χ0) is 22.8. The van der Waals surface area contributed by atoms with Crippen LogP contribution in [-0.2, 0) is 9.59 Å². The molecular weight excluding hydrogens is 408 g/mol. The highest BCUT2D eigenvalue weighted by Crippen LogP contribution is 2.42. The van der Waals surface area contributed by atoms with E-state index in [-0.39, 0.29) is 11.3 Å². The number of Topliss-reactive ketones (excluding diaryl/α,β-unsaturated/α-hetero) is 1. The first-order valence-electron chi connectivity index (χ1n) is 9.97. The molecule has 0 spiro atoms. The van der Waals surface area contributed by atoms with E-state index in [1.54, 1.807) is 88.0 Å². The van der Waals surface area contributed by atoms with Gasteiger partial charge in [0.15, 0.2) is 0 Å². The van der Waals surface area contributed by atoms with Gasteiger partial charge in [0.1, 0.15) is 23.3 Å². The number of aromatic nitrogens is 1. The summed E-state index contributed by atoms with van der Waals surface area (Å²) in [5.74, 6) is -0.523. The maximum Gasteiger partial charge on any atom is 0.300 e. The molecule has 7 heteroatoms. The number of aliphatic hydroxyl groups is 1. The molecule has 1 saturated heterocycles. The minimum atomic E-state index is -0.883. The third kappa shape index (κ3) is 3.58. The minimum Gasteiger partial charge on any atom is -0.507 e. The number of ketones is 1. The molecule has 0 radical (unpaired) electrons. The second-order valence-corrected chi connectivity index (χ2v) is 7.30. The average molecular weight is 430 g/mol. The Balaban J connectivity index is 1.91. The van der Waals surface area contributed by atoms with Crippen molar-refractivity contribution in [3.63, 3.8) is 0 Å². The Morgan fingerprint density at radius 2 is 1.66 bits per heavy atom. The van der Waals surface area contributed by atoms with Crippen LogP contribution >= 0.6 is 0 Å². The summed E-state index contributed by atoms with van der Waals surface area (Å²) >= 11 is 0. The molecule has 1 aliphatic heterocycles. The van der Waals surface area contributed by atoms with Crippen molar-refractivity contribution in [3.05, 3.63) is 89.3 Å². The van der Waals surface area contributed by atoms with Gasteiger partial charge in [-0.25, -0.2) is 0 Å². The predicted molar refractivity (Wildman–Crippen MR) is 120 cm³/mol. The predicted octanol–water partition coefficient (Wildman–Crippen LogP) is 4.03. The standard InChI is InChI=1S/C25H22N2O5/c1-15-14-18(32-3)11-12-19(15)23(28)21-22(20-6-4-5-13-26-20)27(25(30)24(21)29)16-7-9-17(31-2)10-8-16/h4-14,22,28H,1-3H3/b23-21-. The van der Waals surface area contributed by atoms with Gasteiger partial charge in [-0.05, 0) is 67.1 Å². The number of benzene rings is 2. The van der Waals surface area contributed by atoms with Gasteiger partial charge in [0, 0.05) is 17.4 Å². The number of nitrogens with zero attached hydrogens (tertiary/aromatic N) is 2. The SMILES string of the molecule is COc1ccc(N2C(=O)C(=O)/C(=C(\O)c3ccc(OC)cc3C)C2c2ccccn2)cc1. The van der Waals surface area contributed by atoms with Crippen LogP contribution in [0.2, 0.25) is 0 Å². The fraction of sp³-hybridized carbons (Fsp3) is 0.160. The maximum atomic E-state index is 13.2. The summed E-state index contributed by atoms with van der Waals surface area (Å²) in [6.45, 7) is 1.80. The lowest BCUT2D eigenvalue weighted by Gasteiger charge is -2.24. The topological polar surface area (TPSA) is 89.0 Å². The molecule has 1 amide bonds. The smallest absolute Gasteiger partial charge is 0.300 e. The molecule has 0 bridgehead atoms. The lowest BCUT2D eigenvalue weighted by molar-refractivity contribution is -0.132. The van der Waals surface area contributed by atoms with Crippen molar-refractivity contribution < 1.29 is 24.2 Å². The average Bonchev–Trinajstić information content (AvgIpc) is 3.09. The van der Waals surface area contributed by atoms with Crippen molar-refractivity contribution in [1.29, 1.82) is 0 Å². The van der Waals surface area contributed by atoms with Crippen LogP contribution in [0.1, 0.15) is 22.9 Å². The molecule has 3 aromatic rings. The van der Waals surface area contributed by atoms with Crippen molar-refractivity contribution in [2.45, 2.75) is 13.0 Å². The van der Waals surface area contributed by atoms with Gasteiger partial charge >= 0.3 is 0 Å². The highest BCUT2D eigenvalue weighted by Gasteiger charge is 2.47. The summed E-state index contributed by atoms with van der Waals surface area (Å²) < 4.78 is 10.4. The molecule has 1 N–H and O–H groups in total. The largest absolute Gasteiger partial charge is 0.507 e. The Morgan fingerprint density at radius 3 is 2.25 bits per heavy atom. The number of rotatable bonds is 5. The molecule has 1 fully saturated rings. The normalized spacial score (nSPS) is 17.5. The lowest BCUT2D eigenvalue weighted by atomic mass is 9.96. The van der Waals surface area contributed by atoms with Crippen LogP contribution < -0.4 is 14.4 Å². The van der Waals surface area contributed by atoms with Crippen molar-refractivity contribution >= 4 is 23.1 Å². The molecule has 1 atom stereocenters. The Morgan fingerprint density at radius 1 is 0.969 bits per heavy atom. The third-order valence-corrected chi connectivity index (χ3v) is 5.45. The Bertz CT molecular complexity index is 1200. The van der Waals surface area contributed by atoms with E-state index in [9.17, 15) is 14.7 Å². The molecular formula is C25H22N2O5. The van der Waals surface area contributed by atoms with E-state index in [1.165, 1.54) is 4.90 Å². The summed E-state index contributed by atoms with van der Waals surface area (Å²) in [5, 5.41) is 11.2. The number of hydrogen-bond acceptors (Lipinski definition) is 6. The van der Waals surface area contributed by atoms with Crippen molar-refractivity contribution in [1.82, 2.24) is 4.98 Å². The van der Waals surface area contributed by atoms with E-state index in [4.69, 9.17) is 9.47 Å². The molecule has 0 saturated carbocycles. The molecule has 1 unspecified atom stereocenters. The highest BCUT2D eigenvalue weighted by molar-refractivity contribution is 6.51. The van der Waals surface area contributed by atoms with Crippen LogP contribution in [0.4, 0.5) is 5.69 Å². The summed E-state index contributed by atoms with van der Waals surface area (Å²) in [6, 6.07) is 16.3. The number of aliphatic hydroxyl groups excluding tert-OH is 1. The van der Waals surface area contributed by atoms with Crippen molar-refractivity contribution in [2.75, 3.05) is 19.1 Å². The molecule has 2 heterocycles. The van der Waals surface area contributed by atoms with E-state index >= 15 is 0 Å². The first kappa shape index (κ1) is 21.1. The van der Waals surface area contributed by atoms with Gasteiger partial charge in [0.05, 0.1) is 25.5 Å². The van der Waals surface area contributed by atoms with Gasteiger partial charge in [-0.2, -0.15) is 0 Å². The highest BCUT2D eigenvalue weighted by atomic mass is 16.5. The molecule has 4 rings (SSSR count). The minimum absolute atomic E-state index is 0.0159. The van der Waals surface area contributed by atoms with Gasteiger partial charge in [-0.3, -0.25) is 19.5 Å². The Hall–Kier alpha value is -4.13. The lowest BCUT2D eigenvalue weighted by Crippen LogP contribution is -2.29. The molecule has 0 aliphatic carbocycles. The monoisotopic (exact) mass is 430 g/mol. The zero-order valence-corrected chi connectivity index (χ0v) is 17.9. The van der Waals surface area contributed by atoms with Crippen LogP contribution in [0.5, 0.6) is 11.5 Å². The summed E-state index contributed by atoms with van der Waals surface area (Å²) in [5.41, 5.74) is 2.10. The second kappa shape index (κ2) is 8.55. The third-order valence-electron chi connectivity index (χ3n) is 5.45. The first-order valence-corrected chi connectivity index (χ1v) is 9.97. The Kier molecular flexibility index (Phi) is 5.64. The fourth-order valence-electron chi connectivity index (χ4n) is 3.83. The van der Waals surface area contributed by atoms with E-state index < -0.39 is 17.7 Å². The van der Waals surface area contributed by atoms with Crippen LogP contribution in [-0.4, -0.2) is 36.0 Å². The van der Waals surface area contributed by atoms with Gasteiger partial charge < -0.3 is 14.6 Å². The van der Waals surface area contributed by atoms with Gasteiger partial charge in [0.25, 0.3) is 11.7 Å². The molecule has 162 valence electrons. The van der Waals surface area contributed by atoms with E-state index in [1.807, 2.05) is 0 Å². The molecule has 1 aliphatic rings. The maximum absolute atomic E-state index is 13.2. The van der Waals surface area contributed by atoms with Crippen LogP contribution in [0, 0.1) is 6.92 Å². The second-order valence-electron chi connectivity index (χ2n) is 7.30. The van der Waals surface area contributed by atoms with Crippen LogP contribution in [0.3, 0.4) is 0 Å². The number of pyridine rings is 1. The van der Waals surface area contributed by atoms with Crippen molar-refractivity contribution in [3.8, 4) is 11.5 Å². The molecule has 2 aromatic carbocycles. The number of carbonyl (C=O) groups excluding carboxylic acids is 2. The first-order chi connectivity index (χ1) is 15.5. The number of aryl methyl sites for hydroxylation is 1. The fourth-order valence-corrected chi connectivity index (χ4v) is 3.83. The number of hydrogen-bond donors (Lipinski definition) is 1. The van der Waals surface area contributed by atoms with Crippen molar-refractivity contribution in [2.24, 2.45) is 0 Å². The number of amides is 1. The zero-order valence-electron chi connectivity index (χ0n) is 17.9. The summed E-state index contributed by atoms with van der Waals surface area (Å²) in [6.07, 6.45) is 1.59. The van der Waals surface area contributed by atoms with E-state index in [2.05, 4.69) is 4.98 Å². The quantitative estimate of drug-likeness (QED) is 0.373. The van der Waals surface area contributed by atoms with Crippen LogP contribution in [0.25, 0.3) is 5.76 Å².